The molecule has 1 aromatic rings. The number of ketones is 1. The number of aromatic amines is 1. The highest BCUT2D eigenvalue weighted by molar-refractivity contribution is 5.99. The Labute approximate surface area is 155 Å². The number of H-pyrrole nitrogens is 1. The zero-order valence-electron chi connectivity index (χ0n) is 16.0. The molecule has 0 saturated carbocycles. The fourth-order valence-corrected chi connectivity index (χ4v) is 2.30. The Hall–Kier alpha value is -2.52. The van der Waals surface area contributed by atoms with Crippen molar-refractivity contribution < 1.29 is 23.8 Å². The number of aromatic nitrogens is 2. The van der Waals surface area contributed by atoms with E-state index in [2.05, 4.69) is 4.98 Å². The first-order chi connectivity index (χ1) is 12.5. The van der Waals surface area contributed by atoms with Gasteiger partial charge in [-0.3, -0.25) is 23.9 Å². The summed E-state index contributed by atoms with van der Waals surface area (Å²) >= 11 is 0. The van der Waals surface area contributed by atoms with Gasteiger partial charge in [-0.15, -0.1) is 0 Å². The molecular weight excluding hydrogens is 356 g/mol. The van der Waals surface area contributed by atoms with Crippen molar-refractivity contribution in [2.45, 2.75) is 47.0 Å². The molecule has 0 fully saturated rings. The predicted molar refractivity (Wildman–Crippen MR) is 96.0 cm³/mol. The van der Waals surface area contributed by atoms with Gasteiger partial charge in [0.25, 0.3) is 5.56 Å². The molecule has 0 aromatic carbocycles. The number of hydrogen-bond acceptors (Lipinski definition) is 7. The minimum atomic E-state index is -1.05. The van der Waals surface area contributed by atoms with E-state index in [0.29, 0.717) is 5.56 Å². The van der Waals surface area contributed by atoms with Crippen LogP contribution in [-0.4, -0.2) is 46.9 Å². The van der Waals surface area contributed by atoms with Gasteiger partial charge in [-0.1, -0.05) is 0 Å². The van der Waals surface area contributed by atoms with Crippen LogP contribution >= 0.6 is 0 Å². The first-order valence-electron chi connectivity index (χ1n) is 8.57. The van der Waals surface area contributed by atoms with Crippen molar-refractivity contribution in [3.05, 3.63) is 38.7 Å². The van der Waals surface area contributed by atoms with E-state index in [1.807, 2.05) is 0 Å². The second kappa shape index (κ2) is 8.01. The van der Waals surface area contributed by atoms with Crippen molar-refractivity contribution in [2.24, 2.45) is 5.41 Å². The predicted octanol–water partition coefficient (Wildman–Crippen LogP) is 0.606. The van der Waals surface area contributed by atoms with Crippen LogP contribution in [0.3, 0.4) is 0 Å². The molecule has 0 amide bonds. The topological polar surface area (TPSA) is 117 Å². The van der Waals surface area contributed by atoms with Gasteiger partial charge >= 0.3 is 11.7 Å². The van der Waals surface area contributed by atoms with Crippen LogP contribution in [0.25, 0.3) is 5.70 Å². The van der Waals surface area contributed by atoms with E-state index in [9.17, 15) is 19.2 Å². The quantitative estimate of drug-likeness (QED) is 0.744. The standard InChI is InChI=1S/C18H24N2O7/c1-6-25-15-11(20-8-10(2)14(22)19-17(20)24)7-12(21)13(27-15)9-26-16(23)18(3,4)5/h7-8,13,15H,6,9H2,1-5H3,(H,19,22,24)/t13-,15+/m1/s1. The van der Waals surface area contributed by atoms with Crippen molar-refractivity contribution in [3.63, 3.8) is 0 Å². The van der Waals surface area contributed by atoms with Crippen molar-refractivity contribution >= 4 is 17.4 Å². The van der Waals surface area contributed by atoms with Crippen LogP contribution in [0.4, 0.5) is 0 Å². The average molecular weight is 380 g/mol. The molecule has 0 aliphatic carbocycles. The maximum Gasteiger partial charge on any atom is 0.332 e. The lowest BCUT2D eigenvalue weighted by Crippen LogP contribution is -2.43. The summed E-state index contributed by atoms with van der Waals surface area (Å²) in [5, 5.41) is 0. The zero-order valence-corrected chi connectivity index (χ0v) is 16.0. The van der Waals surface area contributed by atoms with Crippen molar-refractivity contribution in [1.82, 2.24) is 9.55 Å². The van der Waals surface area contributed by atoms with Gasteiger partial charge < -0.3 is 14.2 Å². The van der Waals surface area contributed by atoms with Crippen LogP contribution in [0.2, 0.25) is 0 Å². The van der Waals surface area contributed by atoms with Crippen LogP contribution in [-0.2, 0) is 23.8 Å². The van der Waals surface area contributed by atoms with Gasteiger partial charge in [0.05, 0.1) is 11.1 Å². The summed E-state index contributed by atoms with van der Waals surface area (Å²) in [6.45, 7) is 8.35. The second-order valence-electron chi connectivity index (χ2n) is 7.17. The maximum atomic E-state index is 12.4. The number of ether oxygens (including phenoxy) is 3. The lowest BCUT2D eigenvalue weighted by atomic mass is 9.97. The van der Waals surface area contributed by atoms with Gasteiger partial charge in [-0.2, -0.15) is 0 Å². The summed E-state index contributed by atoms with van der Waals surface area (Å²) in [5.41, 5.74) is -1.50. The molecule has 0 unspecified atom stereocenters. The molecule has 1 aliphatic rings. The first-order valence-corrected chi connectivity index (χ1v) is 8.57. The number of carbonyl (C=O) groups is 2. The Balaban J connectivity index is 2.31. The highest BCUT2D eigenvalue weighted by atomic mass is 16.7. The van der Waals surface area contributed by atoms with Crippen molar-refractivity contribution in [1.29, 1.82) is 0 Å². The van der Waals surface area contributed by atoms with Gasteiger partial charge in [-0.05, 0) is 34.6 Å². The van der Waals surface area contributed by atoms with Crippen LogP contribution in [0, 0.1) is 12.3 Å². The third-order valence-corrected chi connectivity index (χ3v) is 3.83. The summed E-state index contributed by atoms with van der Waals surface area (Å²) < 4.78 is 17.4. The third kappa shape index (κ3) is 4.81. The van der Waals surface area contributed by atoms with Crippen LogP contribution in [0.5, 0.6) is 0 Å². The van der Waals surface area contributed by atoms with Crippen LogP contribution in [0.15, 0.2) is 21.9 Å². The third-order valence-electron chi connectivity index (χ3n) is 3.83. The molecule has 148 valence electrons. The number of carbonyl (C=O) groups excluding carboxylic acids is 2. The molecule has 2 rings (SSSR count). The number of nitrogens with zero attached hydrogens (tertiary/aromatic N) is 1. The molecule has 0 bridgehead atoms. The van der Waals surface area contributed by atoms with E-state index in [4.69, 9.17) is 14.2 Å². The van der Waals surface area contributed by atoms with Gasteiger partial charge in [-0.25, -0.2) is 4.79 Å². The lowest BCUT2D eigenvalue weighted by molar-refractivity contribution is -0.177. The summed E-state index contributed by atoms with van der Waals surface area (Å²) in [5.74, 6) is -0.937. The largest absolute Gasteiger partial charge is 0.462 e. The molecule has 9 heteroatoms. The van der Waals surface area contributed by atoms with E-state index < -0.39 is 40.8 Å². The maximum absolute atomic E-state index is 12.4. The Bertz CT molecular complexity index is 873. The van der Waals surface area contributed by atoms with Crippen molar-refractivity contribution in [2.75, 3.05) is 13.2 Å². The lowest BCUT2D eigenvalue weighted by Gasteiger charge is -2.30. The van der Waals surface area contributed by atoms with E-state index >= 15 is 0 Å². The van der Waals surface area contributed by atoms with Crippen molar-refractivity contribution in [3.8, 4) is 0 Å². The monoisotopic (exact) mass is 380 g/mol. The summed E-state index contributed by atoms with van der Waals surface area (Å²) in [6.07, 6.45) is 0.443. The molecule has 0 saturated heterocycles. The molecule has 1 aliphatic heterocycles. The Morgan fingerprint density at radius 2 is 1.96 bits per heavy atom. The van der Waals surface area contributed by atoms with Crippen LogP contribution < -0.4 is 11.2 Å². The zero-order chi connectivity index (χ0) is 20.4. The van der Waals surface area contributed by atoms with Crippen LogP contribution in [0.1, 0.15) is 33.3 Å². The number of hydrogen-bond donors (Lipinski definition) is 1. The fraction of sp³-hybridized carbons (Fsp3) is 0.556. The SMILES string of the molecule is CCO[C@H]1O[C@H](COC(=O)C(C)(C)C)C(=O)C=C1n1cc(C)c(=O)[nH]c1=O. The van der Waals surface area contributed by atoms with Gasteiger partial charge in [0.2, 0.25) is 6.29 Å². The molecule has 0 spiro atoms. The fourth-order valence-electron chi connectivity index (χ4n) is 2.30. The Morgan fingerprint density at radius 1 is 1.30 bits per heavy atom. The number of rotatable bonds is 5. The minimum absolute atomic E-state index is 0.143. The van der Waals surface area contributed by atoms with Gasteiger partial charge in [0.15, 0.2) is 11.9 Å². The second-order valence-corrected chi connectivity index (χ2v) is 7.17. The summed E-state index contributed by atoms with van der Waals surface area (Å²) in [4.78, 5) is 50.2. The molecule has 2 heterocycles. The summed E-state index contributed by atoms with van der Waals surface area (Å²) in [6, 6.07) is 0. The normalized spacial score (nSPS) is 20.3. The molecule has 9 nitrogen and oxygen atoms in total. The molecule has 2 atom stereocenters. The number of esters is 1. The first kappa shape index (κ1) is 20.8. The molecule has 27 heavy (non-hydrogen) atoms. The minimum Gasteiger partial charge on any atom is -0.462 e. The van der Waals surface area contributed by atoms with E-state index in [-0.39, 0.29) is 18.9 Å². The van der Waals surface area contributed by atoms with E-state index in [1.54, 1.807) is 27.7 Å². The van der Waals surface area contributed by atoms with E-state index in [0.717, 1.165) is 4.57 Å². The molecular formula is C18H24N2O7. The molecule has 1 aromatic heterocycles. The molecule has 0 radical (unpaired) electrons. The van der Waals surface area contributed by atoms with Gasteiger partial charge in [0, 0.05) is 24.4 Å². The highest BCUT2D eigenvalue weighted by Crippen LogP contribution is 2.23. The Morgan fingerprint density at radius 3 is 2.56 bits per heavy atom. The van der Waals surface area contributed by atoms with Gasteiger partial charge in [0.1, 0.15) is 6.61 Å². The number of aryl methyl sites for hydroxylation is 1. The average Bonchev–Trinajstić information content (AvgIpc) is 2.57. The Kier molecular flexibility index (Phi) is 6.17. The highest BCUT2D eigenvalue weighted by Gasteiger charge is 2.34. The molecule has 1 N–H and O–H groups in total. The number of nitrogens with one attached hydrogen (secondary N) is 1. The van der Waals surface area contributed by atoms with E-state index in [1.165, 1.54) is 19.2 Å². The summed E-state index contributed by atoms with van der Waals surface area (Å²) in [7, 11) is 0. The smallest absolute Gasteiger partial charge is 0.332 e.